The van der Waals surface area contributed by atoms with Gasteiger partial charge in [-0.25, -0.2) is 0 Å². The van der Waals surface area contributed by atoms with Gasteiger partial charge in [0.25, 0.3) is 11.5 Å². The number of amides is 1. The molecule has 1 aromatic heterocycles. The molecule has 1 atom stereocenters. The Kier molecular flexibility index (Phi) is 3.14. The molecule has 0 spiro atoms. The molecule has 17 heavy (non-hydrogen) atoms. The molecule has 2 heterocycles. The zero-order chi connectivity index (χ0) is 12.4. The monoisotopic (exact) mass is 238 g/mol. The highest BCUT2D eigenvalue weighted by Gasteiger charge is 2.23. The van der Waals surface area contributed by atoms with Crippen LogP contribution in [0.15, 0.2) is 16.9 Å². The van der Waals surface area contributed by atoms with E-state index in [-0.39, 0.29) is 23.9 Å². The average Bonchev–Trinajstić information content (AvgIpc) is 2.26. The fourth-order valence-corrected chi connectivity index (χ4v) is 1.97. The van der Waals surface area contributed by atoms with Crippen molar-refractivity contribution in [2.24, 2.45) is 0 Å². The van der Waals surface area contributed by atoms with Crippen molar-refractivity contribution in [1.29, 1.82) is 0 Å². The minimum absolute atomic E-state index is 0.139. The fraction of sp³-hybridized carbons (Fsp3) is 0.455. The third-order valence-corrected chi connectivity index (χ3v) is 2.76. The molecule has 1 saturated heterocycles. The Bertz CT molecular complexity index is 483. The molecule has 0 aromatic carbocycles. The molecular weight excluding hydrogens is 224 g/mol. The topological polar surface area (TPSA) is 93.6 Å². The smallest absolute Gasteiger partial charge is 0.254 e. The van der Waals surface area contributed by atoms with Crippen molar-refractivity contribution in [3.63, 3.8) is 0 Å². The first-order valence-electron chi connectivity index (χ1n) is 5.47. The Morgan fingerprint density at radius 1 is 1.47 bits per heavy atom. The van der Waals surface area contributed by atoms with Gasteiger partial charge in [0, 0.05) is 25.2 Å². The van der Waals surface area contributed by atoms with E-state index in [9.17, 15) is 19.8 Å². The maximum absolute atomic E-state index is 12.0. The van der Waals surface area contributed by atoms with Crippen molar-refractivity contribution < 1.29 is 15.0 Å². The molecule has 0 radical (unpaired) electrons. The summed E-state index contributed by atoms with van der Waals surface area (Å²) < 4.78 is 0. The molecule has 1 amide bonds. The highest BCUT2D eigenvalue weighted by Crippen LogP contribution is 2.14. The van der Waals surface area contributed by atoms with Crippen molar-refractivity contribution in [3.05, 3.63) is 28.0 Å². The predicted octanol–water partition coefficient (Wildman–Crippen LogP) is -0.323. The van der Waals surface area contributed by atoms with Gasteiger partial charge in [0.15, 0.2) is 5.88 Å². The molecule has 0 bridgehead atoms. The summed E-state index contributed by atoms with van der Waals surface area (Å²) in [5.74, 6) is -0.677. The summed E-state index contributed by atoms with van der Waals surface area (Å²) >= 11 is 0. The first kappa shape index (κ1) is 11.7. The molecule has 0 saturated carbocycles. The summed E-state index contributed by atoms with van der Waals surface area (Å²) in [5.41, 5.74) is -0.383. The van der Waals surface area contributed by atoms with Gasteiger partial charge < -0.3 is 15.1 Å². The highest BCUT2D eigenvalue weighted by molar-refractivity contribution is 5.94. The van der Waals surface area contributed by atoms with E-state index in [0.29, 0.717) is 13.0 Å². The number of β-amino-alcohol motifs (C(OH)–C–C–N with tert-alkyl or cyclic N) is 1. The largest absolute Gasteiger partial charge is 0.494 e. The van der Waals surface area contributed by atoms with Crippen LogP contribution in [0.1, 0.15) is 23.2 Å². The molecule has 0 unspecified atom stereocenters. The number of H-pyrrole nitrogens is 1. The predicted molar refractivity (Wildman–Crippen MR) is 59.9 cm³/mol. The van der Waals surface area contributed by atoms with Gasteiger partial charge in [-0.05, 0) is 12.8 Å². The van der Waals surface area contributed by atoms with Crippen LogP contribution in [0.3, 0.4) is 0 Å². The van der Waals surface area contributed by atoms with Crippen LogP contribution >= 0.6 is 0 Å². The van der Waals surface area contributed by atoms with Crippen LogP contribution in [-0.2, 0) is 0 Å². The van der Waals surface area contributed by atoms with E-state index in [2.05, 4.69) is 4.98 Å². The maximum Gasteiger partial charge on any atom is 0.254 e. The second-order valence-corrected chi connectivity index (χ2v) is 4.17. The number of rotatable bonds is 1. The number of aromatic nitrogens is 1. The standard InChI is InChI=1S/C11H14N2O4/c14-8-2-1-3-13(6-8)11(17)7-4-9(15)12-10(16)5-7/h4-5,8,14H,1-3,6H2,(H2,12,15,16)/t8-/m0/s1. The van der Waals surface area contributed by atoms with Gasteiger partial charge >= 0.3 is 0 Å². The highest BCUT2D eigenvalue weighted by atomic mass is 16.3. The zero-order valence-corrected chi connectivity index (χ0v) is 9.22. The van der Waals surface area contributed by atoms with Crippen LogP contribution < -0.4 is 5.56 Å². The number of aliphatic hydroxyl groups excluding tert-OH is 1. The lowest BCUT2D eigenvalue weighted by Gasteiger charge is -2.30. The number of likely N-dealkylation sites (tertiary alicyclic amines) is 1. The lowest BCUT2D eigenvalue weighted by molar-refractivity contribution is 0.0473. The number of carbonyl (C=O) groups excluding carboxylic acids is 1. The van der Waals surface area contributed by atoms with Gasteiger partial charge in [0.05, 0.1) is 11.7 Å². The van der Waals surface area contributed by atoms with Gasteiger partial charge in [0.1, 0.15) is 0 Å². The fourth-order valence-electron chi connectivity index (χ4n) is 1.97. The first-order valence-corrected chi connectivity index (χ1v) is 5.47. The van der Waals surface area contributed by atoms with E-state index in [0.717, 1.165) is 12.5 Å². The number of aromatic amines is 1. The third-order valence-electron chi connectivity index (χ3n) is 2.76. The molecule has 3 N–H and O–H groups in total. The molecule has 0 aliphatic carbocycles. The number of pyridine rings is 1. The van der Waals surface area contributed by atoms with Crippen LogP contribution in [0, 0.1) is 0 Å². The molecular formula is C11H14N2O4. The average molecular weight is 238 g/mol. The van der Waals surface area contributed by atoms with Gasteiger partial charge in [-0.15, -0.1) is 0 Å². The SMILES string of the molecule is O=C(c1cc(O)[nH]c(=O)c1)N1CCC[C@H](O)C1. The molecule has 92 valence electrons. The van der Waals surface area contributed by atoms with E-state index in [1.54, 1.807) is 0 Å². The Labute approximate surface area is 97.5 Å². The molecule has 1 fully saturated rings. The third kappa shape index (κ3) is 2.65. The normalized spacial score (nSPS) is 20.3. The van der Waals surface area contributed by atoms with Crippen molar-refractivity contribution in [2.75, 3.05) is 13.1 Å². The number of nitrogens with zero attached hydrogens (tertiary/aromatic N) is 1. The first-order chi connectivity index (χ1) is 8.06. The number of aromatic hydroxyl groups is 1. The van der Waals surface area contributed by atoms with Crippen LogP contribution in [-0.4, -0.2) is 45.2 Å². The number of hydrogen-bond acceptors (Lipinski definition) is 4. The molecule has 1 aromatic rings. The minimum Gasteiger partial charge on any atom is -0.494 e. The van der Waals surface area contributed by atoms with Gasteiger partial charge in [0.2, 0.25) is 0 Å². The number of aliphatic hydroxyl groups is 1. The van der Waals surface area contributed by atoms with Crippen LogP contribution in [0.25, 0.3) is 0 Å². The van der Waals surface area contributed by atoms with E-state index < -0.39 is 11.7 Å². The van der Waals surface area contributed by atoms with Crippen LogP contribution in [0.5, 0.6) is 5.88 Å². The second kappa shape index (κ2) is 4.58. The number of piperidine rings is 1. The Balaban J connectivity index is 2.21. The summed E-state index contributed by atoms with van der Waals surface area (Å²) in [6.07, 6.45) is 0.912. The number of carbonyl (C=O) groups is 1. The van der Waals surface area contributed by atoms with Crippen molar-refractivity contribution in [1.82, 2.24) is 9.88 Å². The Morgan fingerprint density at radius 3 is 2.88 bits per heavy atom. The molecule has 1 aliphatic rings. The van der Waals surface area contributed by atoms with E-state index >= 15 is 0 Å². The quantitative estimate of drug-likeness (QED) is 0.625. The van der Waals surface area contributed by atoms with Gasteiger partial charge in [-0.2, -0.15) is 0 Å². The minimum atomic E-state index is -0.522. The Morgan fingerprint density at radius 2 is 2.24 bits per heavy atom. The number of hydrogen-bond donors (Lipinski definition) is 3. The van der Waals surface area contributed by atoms with Gasteiger partial charge in [-0.3, -0.25) is 14.6 Å². The van der Waals surface area contributed by atoms with E-state index in [1.807, 2.05) is 0 Å². The summed E-state index contributed by atoms with van der Waals surface area (Å²) in [4.78, 5) is 26.8. The maximum atomic E-state index is 12.0. The second-order valence-electron chi connectivity index (χ2n) is 4.17. The van der Waals surface area contributed by atoms with E-state index in [1.165, 1.54) is 11.0 Å². The van der Waals surface area contributed by atoms with Crippen molar-refractivity contribution in [2.45, 2.75) is 18.9 Å². The van der Waals surface area contributed by atoms with Crippen LogP contribution in [0.4, 0.5) is 0 Å². The summed E-state index contributed by atoms with van der Waals surface area (Å²) in [6.45, 7) is 0.829. The lowest BCUT2D eigenvalue weighted by Crippen LogP contribution is -2.42. The molecule has 2 rings (SSSR count). The summed E-state index contributed by atoms with van der Waals surface area (Å²) in [6, 6.07) is 2.35. The Hall–Kier alpha value is -1.82. The zero-order valence-electron chi connectivity index (χ0n) is 9.22. The lowest BCUT2D eigenvalue weighted by atomic mass is 10.1. The van der Waals surface area contributed by atoms with Crippen LogP contribution in [0.2, 0.25) is 0 Å². The number of nitrogens with one attached hydrogen (secondary N) is 1. The molecule has 1 aliphatic heterocycles. The van der Waals surface area contributed by atoms with E-state index in [4.69, 9.17) is 0 Å². The van der Waals surface area contributed by atoms with Crippen molar-refractivity contribution in [3.8, 4) is 5.88 Å². The van der Waals surface area contributed by atoms with Crippen molar-refractivity contribution >= 4 is 5.91 Å². The summed E-state index contributed by atoms with van der Waals surface area (Å²) in [5, 5.41) is 18.7. The summed E-state index contributed by atoms with van der Waals surface area (Å²) in [7, 11) is 0. The van der Waals surface area contributed by atoms with Gasteiger partial charge in [-0.1, -0.05) is 0 Å². The molecule has 6 heteroatoms. The molecule has 6 nitrogen and oxygen atoms in total.